The van der Waals surface area contributed by atoms with Crippen LogP contribution in [0.25, 0.3) is 21.9 Å². The molecule has 166 valence electrons. The number of fused-ring (bicyclic) bond motifs is 1. The molecule has 0 nitrogen and oxygen atoms in total. The second-order valence-electron chi connectivity index (χ2n) is 7.94. The Morgan fingerprint density at radius 2 is 1.55 bits per heavy atom. The highest BCUT2D eigenvalue weighted by Crippen LogP contribution is 2.42. The van der Waals surface area contributed by atoms with Crippen LogP contribution in [0.5, 0.6) is 0 Å². The van der Waals surface area contributed by atoms with Crippen molar-refractivity contribution < 1.29 is 17.6 Å². The zero-order valence-electron chi connectivity index (χ0n) is 18.1. The SMILES string of the molecule is CCCCC(F)(F)c1ccccc1-c1c(C#Cc2ccc(F)c(F)c2)ccc2ccccc12. The monoisotopic (exact) mass is 446 g/mol. The van der Waals surface area contributed by atoms with Crippen molar-refractivity contribution in [2.24, 2.45) is 0 Å². The lowest BCUT2D eigenvalue weighted by atomic mass is 9.87. The van der Waals surface area contributed by atoms with Crippen LogP contribution in [0.15, 0.2) is 78.9 Å². The van der Waals surface area contributed by atoms with E-state index in [0.717, 1.165) is 22.9 Å². The van der Waals surface area contributed by atoms with E-state index in [4.69, 9.17) is 0 Å². The first kappa shape index (κ1) is 22.6. The number of halogens is 4. The third kappa shape index (κ3) is 4.78. The molecule has 4 aromatic carbocycles. The van der Waals surface area contributed by atoms with Crippen molar-refractivity contribution in [2.75, 3.05) is 0 Å². The highest BCUT2D eigenvalue weighted by Gasteiger charge is 2.33. The summed E-state index contributed by atoms with van der Waals surface area (Å²) in [6.07, 6.45) is 0.859. The van der Waals surface area contributed by atoms with Gasteiger partial charge in [0, 0.05) is 28.7 Å². The molecule has 0 saturated heterocycles. The molecule has 0 amide bonds. The molecule has 33 heavy (non-hydrogen) atoms. The maximum atomic E-state index is 15.2. The van der Waals surface area contributed by atoms with Gasteiger partial charge >= 0.3 is 0 Å². The van der Waals surface area contributed by atoms with E-state index in [2.05, 4.69) is 11.8 Å². The van der Waals surface area contributed by atoms with E-state index in [0.29, 0.717) is 35.1 Å². The van der Waals surface area contributed by atoms with Crippen LogP contribution < -0.4 is 0 Å². The Hall–Kier alpha value is -3.58. The van der Waals surface area contributed by atoms with Gasteiger partial charge in [-0.05, 0) is 47.0 Å². The van der Waals surface area contributed by atoms with Crippen molar-refractivity contribution in [3.05, 3.63) is 107 Å². The maximum absolute atomic E-state index is 15.2. The molecule has 0 bridgehead atoms. The van der Waals surface area contributed by atoms with Crippen LogP contribution in [-0.2, 0) is 5.92 Å². The van der Waals surface area contributed by atoms with Gasteiger partial charge in [-0.1, -0.05) is 79.8 Å². The van der Waals surface area contributed by atoms with Crippen molar-refractivity contribution >= 4 is 10.8 Å². The van der Waals surface area contributed by atoms with Crippen LogP contribution in [0.4, 0.5) is 17.6 Å². The predicted octanol–water partition coefficient (Wildman–Crippen LogP) is 8.47. The largest absolute Gasteiger partial charge is 0.273 e. The number of alkyl halides is 2. The highest BCUT2D eigenvalue weighted by atomic mass is 19.3. The van der Waals surface area contributed by atoms with E-state index in [1.807, 2.05) is 37.3 Å². The van der Waals surface area contributed by atoms with Gasteiger partial charge in [-0.2, -0.15) is 0 Å². The van der Waals surface area contributed by atoms with Gasteiger partial charge in [0.15, 0.2) is 11.6 Å². The van der Waals surface area contributed by atoms with Crippen LogP contribution in [0.3, 0.4) is 0 Å². The van der Waals surface area contributed by atoms with Gasteiger partial charge in [-0.25, -0.2) is 17.6 Å². The molecular formula is C29H22F4. The summed E-state index contributed by atoms with van der Waals surface area (Å²) in [5.74, 6) is 0.931. The second-order valence-corrected chi connectivity index (χ2v) is 7.94. The Morgan fingerprint density at radius 1 is 0.788 bits per heavy atom. The van der Waals surface area contributed by atoms with Crippen molar-refractivity contribution in [3.8, 4) is 23.0 Å². The van der Waals surface area contributed by atoms with Gasteiger partial charge in [0.25, 0.3) is 5.92 Å². The molecule has 0 unspecified atom stereocenters. The molecule has 0 fully saturated rings. The van der Waals surface area contributed by atoms with E-state index >= 15 is 8.78 Å². The zero-order chi connectivity index (χ0) is 23.4. The quantitative estimate of drug-likeness (QED) is 0.213. The Balaban J connectivity index is 1.93. The molecule has 0 spiro atoms. The fourth-order valence-corrected chi connectivity index (χ4v) is 3.93. The minimum atomic E-state index is -2.99. The lowest BCUT2D eigenvalue weighted by molar-refractivity contribution is -0.0148. The maximum Gasteiger partial charge on any atom is 0.273 e. The molecule has 0 saturated carbocycles. The smallest absolute Gasteiger partial charge is 0.204 e. The zero-order valence-corrected chi connectivity index (χ0v) is 18.1. The number of hydrogen-bond donors (Lipinski definition) is 0. The van der Waals surface area contributed by atoms with E-state index in [9.17, 15) is 8.78 Å². The Bertz CT molecular complexity index is 1360. The van der Waals surface area contributed by atoms with Crippen LogP contribution in [0, 0.1) is 23.5 Å². The summed E-state index contributed by atoms with van der Waals surface area (Å²) in [5, 5.41) is 1.70. The van der Waals surface area contributed by atoms with Crippen LogP contribution >= 0.6 is 0 Å². The molecule has 4 heteroatoms. The molecule has 4 aromatic rings. The van der Waals surface area contributed by atoms with Gasteiger partial charge in [-0.15, -0.1) is 0 Å². The van der Waals surface area contributed by atoms with E-state index in [1.165, 1.54) is 12.1 Å². The van der Waals surface area contributed by atoms with Crippen LogP contribution in [0.2, 0.25) is 0 Å². The Kier molecular flexibility index (Phi) is 6.51. The Morgan fingerprint density at radius 3 is 2.33 bits per heavy atom. The van der Waals surface area contributed by atoms with Gasteiger partial charge in [-0.3, -0.25) is 0 Å². The molecule has 0 radical (unpaired) electrons. The second kappa shape index (κ2) is 9.50. The fraction of sp³-hybridized carbons (Fsp3) is 0.172. The first-order valence-electron chi connectivity index (χ1n) is 10.9. The average molecular weight is 446 g/mol. The minimum Gasteiger partial charge on any atom is -0.204 e. The summed E-state index contributed by atoms with van der Waals surface area (Å²) in [4.78, 5) is 0. The number of hydrogen-bond acceptors (Lipinski definition) is 0. The molecule has 0 heterocycles. The van der Waals surface area contributed by atoms with Gasteiger partial charge in [0.05, 0.1) is 0 Å². The third-order valence-corrected chi connectivity index (χ3v) is 5.62. The predicted molar refractivity (Wildman–Crippen MR) is 125 cm³/mol. The molecule has 0 N–H and O–H groups in total. The first-order valence-corrected chi connectivity index (χ1v) is 10.9. The normalized spacial score (nSPS) is 11.3. The number of benzene rings is 4. The molecule has 0 atom stereocenters. The molecule has 4 rings (SSSR count). The standard InChI is InChI=1S/C29H22F4/c1-2-3-18-29(32,33)25-11-7-6-10-24(25)28-22(16-15-21-8-4-5-9-23(21)28)14-12-20-13-17-26(30)27(31)19-20/h4-11,13,15-17,19H,2-3,18H2,1H3. The lowest BCUT2D eigenvalue weighted by Crippen LogP contribution is -2.14. The summed E-state index contributed by atoms with van der Waals surface area (Å²) in [5.41, 5.74) is 1.83. The van der Waals surface area contributed by atoms with Crippen LogP contribution in [0.1, 0.15) is 42.9 Å². The molecule has 0 aliphatic heterocycles. The summed E-state index contributed by atoms with van der Waals surface area (Å²) < 4.78 is 57.4. The molecular weight excluding hydrogens is 424 g/mol. The lowest BCUT2D eigenvalue weighted by Gasteiger charge is -2.21. The molecule has 0 aromatic heterocycles. The number of unbranched alkanes of at least 4 members (excludes halogenated alkanes) is 1. The summed E-state index contributed by atoms with van der Waals surface area (Å²) in [6.45, 7) is 1.89. The van der Waals surface area contributed by atoms with Crippen molar-refractivity contribution in [1.29, 1.82) is 0 Å². The first-order chi connectivity index (χ1) is 15.9. The van der Waals surface area contributed by atoms with Gasteiger partial charge in [0.2, 0.25) is 0 Å². The van der Waals surface area contributed by atoms with Crippen LogP contribution in [-0.4, -0.2) is 0 Å². The summed E-state index contributed by atoms with van der Waals surface area (Å²) in [7, 11) is 0. The third-order valence-electron chi connectivity index (χ3n) is 5.62. The highest BCUT2D eigenvalue weighted by molar-refractivity contribution is 6.00. The minimum absolute atomic E-state index is 0.0364. The fourth-order valence-electron chi connectivity index (χ4n) is 3.93. The topological polar surface area (TPSA) is 0 Å². The van der Waals surface area contributed by atoms with Gasteiger partial charge in [0.1, 0.15) is 0 Å². The van der Waals surface area contributed by atoms with Crippen molar-refractivity contribution in [2.45, 2.75) is 32.1 Å². The summed E-state index contributed by atoms with van der Waals surface area (Å²) in [6, 6.07) is 21.2. The molecule has 0 aliphatic carbocycles. The van der Waals surface area contributed by atoms with E-state index < -0.39 is 17.6 Å². The van der Waals surface area contributed by atoms with Crippen molar-refractivity contribution in [3.63, 3.8) is 0 Å². The molecule has 0 aliphatic rings. The Labute approximate surface area is 190 Å². The van der Waals surface area contributed by atoms with Gasteiger partial charge < -0.3 is 0 Å². The summed E-state index contributed by atoms with van der Waals surface area (Å²) >= 11 is 0. The van der Waals surface area contributed by atoms with E-state index in [-0.39, 0.29) is 12.0 Å². The average Bonchev–Trinajstić information content (AvgIpc) is 2.83. The number of rotatable bonds is 5. The van der Waals surface area contributed by atoms with Crippen molar-refractivity contribution in [1.82, 2.24) is 0 Å². The van der Waals surface area contributed by atoms with E-state index in [1.54, 1.807) is 24.3 Å².